The van der Waals surface area contributed by atoms with E-state index in [1.807, 2.05) is 79.7 Å². The highest BCUT2D eigenvalue weighted by atomic mass is 16.5. The summed E-state index contributed by atoms with van der Waals surface area (Å²) in [5.41, 5.74) is 3.70. The number of aliphatic hydroxyl groups is 1. The number of ketones is 1. The molecule has 0 saturated heterocycles. The standard InChI is InChI=1S/C30H29NO5/c1-20-9-13-23(14-10-20)28-27(24(32)15-11-21-7-5-4-6-8-21)29(33)30(34)31(28)18-17-22-12-16-25(35-2)26(19-22)36-3/h4-16,19,28,33H,17-18H2,1-3H3/b15-11+/t28-/m1/s1. The summed E-state index contributed by atoms with van der Waals surface area (Å²) >= 11 is 0. The molecule has 184 valence electrons. The van der Waals surface area contributed by atoms with E-state index in [4.69, 9.17) is 9.47 Å². The fraction of sp³-hybridized carbons (Fsp3) is 0.200. The van der Waals surface area contributed by atoms with Crippen LogP contribution < -0.4 is 9.47 Å². The molecule has 6 heteroatoms. The van der Waals surface area contributed by atoms with Crippen LogP contribution in [0.3, 0.4) is 0 Å². The zero-order valence-corrected chi connectivity index (χ0v) is 20.6. The first kappa shape index (κ1) is 24.8. The number of nitrogens with zero attached hydrogens (tertiary/aromatic N) is 1. The molecule has 0 radical (unpaired) electrons. The van der Waals surface area contributed by atoms with Crippen molar-refractivity contribution in [2.45, 2.75) is 19.4 Å². The van der Waals surface area contributed by atoms with E-state index >= 15 is 0 Å². The van der Waals surface area contributed by atoms with Crippen LogP contribution in [0.5, 0.6) is 11.5 Å². The van der Waals surface area contributed by atoms with Crippen LogP contribution in [0.4, 0.5) is 0 Å². The Morgan fingerprint density at radius 2 is 1.67 bits per heavy atom. The molecular weight excluding hydrogens is 454 g/mol. The van der Waals surface area contributed by atoms with E-state index in [0.717, 1.165) is 22.3 Å². The second-order valence-electron chi connectivity index (χ2n) is 8.62. The Bertz CT molecular complexity index is 1310. The molecule has 6 nitrogen and oxygen atoms in total. The van der Waals surface area contributed by atoms with Crippen molar-refractivity contribution >= 4 is 17.8 Å². The van der Waals surface area contributed by atoms with Crippen LogP contribution in [0, 0.1) is 6.92 Å². The van der Waals surface area contributed by atoms with Gasteiger partial charge in [0.05, 0.1) is 25.8 Å². The maximum absolute atomic E-state index is 13.3. The van der Waals surface area contributed by atoms with Gasteiger partial charge in [0.1, 0.15) is 0 Å². The lowest BCUT2D eigenvalue weighted by Gasteiger charge is -2.27. The maximum Gasteiger partial charge on any atom is 0.290 e. The number of rotatable bonds is 9. The Hall–Kier alpha value is -4.32. The van der Waals surface area contributed by atoms with Crippen LogP contribution in [0.2, 0.25) is 0 Å². The summed E-state index contributed by atoms with van der Waals surface area (Å²) in [6.07, 6.45) is 3.60. The number of benzene rings is 3. The molecule has 36 heavy (non-hydrogen) atoms. The van der Waals surface area contributed by atoms with Gasteiger partial charge in [-0.3, -0.25) is 9.59 Å². The summed E-state index contributed by atoms with van der Waals surface area (Å²) in [5, 5.41) is 10.8. The maximum atomic E-state index is 13.3. The number of hydrogen-bond donors (Lipinski definition) is 1. The lowest BCUT2D eigenvalue weighted by molar-refractivity contribution is -0.129. The predicted octanol–water partition coefficient (Wildman–Crippen LogP) is 5.23. The van der Waals surface area contributed by atoms with Gasteiger partial charge in [0.2, 0.25) is 0 Å². The van der Waals surface area contributed by atoms with Crippen LogP contribution in [0.1, 0.15) is 28.3 Å². The van der Waals surface area contributed by atoms with Crippen molar-refractivity contribution in [1.29, 1.82) is 0 Å². The van der Waals surface area contributed by atoms with Crippen LogP contribution in [-0.4, -0.2) is 42.5 Å². The largest absolute Gasteiger partial charge is 0.503 e. The van der Waals surface area contributed by atoms with Gasteiger partial charge in [-0.1, -0.05) is 72.3 Å². The first-order valence-electron chi connectivity index (χ1n) is 11.7. The molecule has 0 saturated carbocycles. The fourth-order valence-corrected chi connectivity index (χ4v) is 4.34. The third-order valence-corrected chi connectivity index (χ3v) is 6.28. The molecule has 0 aromatic heterocycles. The zero-order valence-electron chi connectivity index (χ0n) is 20.6. The monoisotopic (exact) mass is 483 g/mol. The number of allylic oxidation sites excluding steroid dienone is 1. The number of amides is 1. The van der Waals surface area contributed by atoms with Crippen molar-refractivity contribution in [3.05, 3.63) is 112 Å². The predicted molar refractivity (Wildman–Crippen MR) is 139 cm³/mol. The average Bonchev–Trinajstić information content (AvgIpc) is 3.16. The Morgan fingerprint density at radius 1 is 0.972 bits per heavy atom. The van der Waals surface area contributed by atoms with Crippen LogP contribution >= 0.6 is 0 Å². The Morgan fingerprint density at radius 3 is 2.33 bits per heavy atom. The molecule has 1 N–H and O–H groups in total. The van der Waals surface area contributed by atoms with E-state index in [1.165, 1.54) is 6.08 Å². The number of aliphatic hydroxyl groups excluding tert-OH is 1. The second kappa shape index (κ2) is 11.0. The molecule has 1 amide bonds. The molecule has 3 aromatic rings. The first-order valence-corrected chi connectivity index (χ1v) is 11.7. The number of methoxy groups -OCH3 is 2. The van der Waals surface area contributed by atoms with Crippen LogP contribution in [0.25, 0.3) is 6.08 Å². The number of hydrogen-bond acceptors (Lipinski definition) is 5. The minimum absolute atomic E-state index is 0.0864. The molecule has 0 fully saturated rings. The molecule has 0 bridgehead atoms. The molecule has 0 spiro atoms. The Labute approximate surface area is 211 Å². The highest BCUT2D eigenvalue weighted by Gasteiger charge is 2.42. The fourth-order valence-electron chi connectivity index (χ4n) is 4.34. The number of carbonyl (C=O) groups excluding carboxylic acids is 2. The second-order valence-corrected chi connectivity index (χ2v) is 8.62. The van der Waals surface area contributed by atoms with E-state index in [9.17, 15) is 14.7 Å². The molecule has 1 aliphatic heterocycles. The molecule has 0 aliphatic carbocycles. The minimum atomic E-state index is -0.689. The summed E-state index contributed by atoms with van der Waals surface area (Å²) < 4.78 is 10.7. The van der Waals surface area contributed by atoms with Gasteiger partial charge in [0, 0.05) is 6.54 Å². The molecule has 1 aliphatic rings. The van der Waals surface area contributed by atoms with Gasteiger partial charge in [-0.15, -0.1) is 0 Å². The zero-order chi connectivity index (χ0) is 25.7. The third-order valence-electron chi connectivity index (χ3n) is 6.28. The molecule has 0 unspecified atom stereocenters. The minimum Gasteiger partial charge on any atom is -0.503 e. The van der Waals surface area contributed by atoms with Crippen molar-refractivity contribution < 1.29 is 24.2 Å². The summed E-state index contributed by atoms with van der Waals surface area (Å²) in [7, 11) is 3.15. The topological polar surface area (TPSA) is 76.1 Å². The molecule has 1 heterocycles. The molecule has 1 atom stereocenters. The Kier molecular flexibility index (Phi) is 7.54. The van der Waals surface area contributed by atoms with Gasteiger partial charge < -0.3 is 19.5 Å². The van der Waals surface area contributed by atoms with E-state index in [0.29, 0.717) is 24.5 Å². The van der Waals surface area contributed by atoms with Crippen molar-refractivity contribution in [3.63, 3.8) is 0 Å². The highest BCUT2D eigenvalue weighted by Crippen LogP contribution is 2.38. The van der Waals surface area contributed by atoms with Crippen molar-refractivity contribution in [3.8, 4) is 11.5 Å². The van der Waals surface area contributed by atoms with Crippen molar-refractivity contribution in [2.75, 3.05) is 20.8 Å². The quantitative estimate of drug-likeness (QED) is 0.422. The van der Waals surface area contributed by atoms with Gasteiger partial charge in [-0.05, 0) is 48.2 Å². The number of ether oxygens (including phenoxy) is 2. The SMILES string of the molecule is COc1ccc(CCN2C(=O)C(O)=C(C(=O)/C=C/c3ccccc3)[C@H]2c2ccc(C)cc2)cc1OC. The van der Waals surface area contributed by atoms with Gasteiger partial charge in [-0.2, -0.15) is 0 Å². The van der Waals surface area contributed by atoms with E-state index < -0.39 is 23.5 Å². The van der Waals surface area contributed by atoms with Gasteiger partial charge in [0.15, 0.2) is 23.0 Å². The molecule has 4 rings (SSSR count). The lowest BCUT2D eigenvalue weighted by Crippen LogP contribution is -2.33. The summed E-state index contributed by atoms with van der Waals surface area (Å²) in [6, 6.07) is 22.0. The van der Waals surface area contributed by atoms with Gasteiger partial charge in [-0.25, -0.2) is 0 Å². The first-order chi connectivity index (χ1) is 17.4. The lowest BCUT2D eigenvalue weighted by atomic mass is 9.94. The molecular formula is C30H29NO5. The normalized spacial score (nSPS) is 15.6. The van der Waals surface area contributed by atoms with E-state index in [-0.39, 0.29) is 5.57 Å². The highest BCUT2D eigenvalue weighted by molar-refractivity contribution is 6.14. The summed E-state index contributed by atoms with van der Waals surface area (Å²) in [4.78, 5) is 28.0. The number of aryl methyl sites for hydroxylation is 1. The number of carbonyl (C=O) groups is 2. The molecule has 3 aromatic carbocycles. The Balaban J connectivity index is 1.64. The van der Waals surface area contributed by atoms with Crippen molar-refractivity contribution in [1.82, 2.24) is 4.90 Å². The summed E-state index contributed by atoms with van der Waals surface area (Å²) in [6.45, 7) is 2.27. The smallest absolute Gasteiger partial charge is 0.290 e. The summed E-state index contributed by atoms with van der Waals surface area (Å²) in [5.74, 6) is -0.244. The van der Waals surface area contributed by atoms with Crippen LogP contribution in [-0.2, 0) is 16.0 Å². The average molecular weight is 484 g/mol. The van der Waals surface area contributed by atoms with E-state index in [2.05, 4.69) is 0 Å². The van der Waals surface area contributed by atoms with Crippen LogP contribution in [0.15, 0.2) is 90.2 Å². The third kappa shape index (κ3) is 5.18. The van der Waals surface area contributed by atoms with Crippen molar-refractivity contribution in [2.24, 2.45) is 0 Å². The van der Waals surface area contributed by atoms with Gasteiger partial charge >= 0.3 is 0 Å². The van der Waals surface area contributed by atoms with E-state index in [1.54, 1.807) is 25.2 Å². The van der Waals surface area contributed by atoms with Gasteiger partial charge in [0.25, 0.3) is 5.91 Å².